The summed E-state index contributed by atoms with van der Waals surface area (Å²) in [6, 6.07) is 2.13. The van der Waals surface area contributed by atoms with Crippen LogP contribution in [0.3, 0.4) is 0 Å². The summed E-state index contributed by atoms with van der Waals surface area (Å²) in [5.74, 6) is 1.50. The molecule has 2 saturated heterocycles. The molecule has 2 atom stereocenters. The summed E-state index contributed by atoms with van der Waals surface area (Å²) in [5, 5.41) is 0. The summed E-state index contributed by atoms with van der Waals surface area (Å²) in [6.07, 6.45) is 9.87. The SMILES string of the molecule is C[C@H]1CCCCN1C(=O)CN1CCC[C@@H](c2cc(=O)n3c(n2)CCCCC3)C1. The molecule has 6 heteroatoms. The van der Waals surface area contributed by atoms with Crippen molar-refractivity contribution in [2.45, 2.75) is 83.2 Å². The predicted molar refractivity (Wildman–Crippen MR) is 109 cm³/mol. The highest BCUT2D eigenvalue weighted by Gasteiger charge is 2.28. The summed E-state index contributed by atoms with van der Waals surface area (Å²) in [7, 11) is 0. The molecule has 0 aliphatic carbocycles. The van der Waals surface area contributed by atoms with E-state index in [0.29, 0.717) is 12.6 Å². The van der Waals surface area contributed by atoms with E-state index < -0.39 is 0 Å². The molecule has 3 aliphatic heterocycles. The van der Waals surface area contributed by atoms with Crippen LogP contribution in [0.5, 0.6) is 0 Å². The topological polar surface area (TPSA) is 58.4 Å². The number of hydrogen-bond donors (Lipinski definition) is 0. The first-order chi connectivity index (χ1) is 13.6. The number of rotatable bonds is 3. The Labute approximate surface area is 167 Å². The fourth-order valence-corrected chi connectivity index (χ4v) is 5.13. The van der Waals surface area contributed by atoms with E-state index in [1.165, 1.54) is 12.8 Å². The van der Waals surface area contributed by atoms with Crippen molar-refractivity contribution in [3.05, 3.63) is 27.9 Å². The van der Waals surface area contributed by atoms with Gasteiger partial charge in [0, 0.05) is 44.1 Å². The number of aromatic nitrogens is 2. The minimum absolute atomic E-state index is 0.109. The van der Waals surface area contributed by atoms with Gasteiger partial charge in [0.2, 0.25) is 5.91 Å². The third-order valence-electron chi connectivity index (χ3n) is 6.80. The molecule has 0 N–H and O–H groups in total. The van der Waals surface area contributed by atoms with E-state index in [9.17, 15) is 9.59 Å². The molecule has 2 fully saturated rings. The highest BCUT2D eigenvalue weighted by atomic mass is 16.2. The molecular formula is C22H34N4O2. The van der Waals surface area contributed by atoms with Crippen LogP contribution in [-0.2, 0) is 17.8 Å². The van der Waals surface area contributed by atoms with Gasteiger partial charge in [-0.1, -0.05) is 6.42 Å². The molecular weight excluding hydrogens is 352 g/mol. The monoisotopic (exact) mass is 386 g/mol. The Bertz CT molecular complexity index is 759. The average molecular weight is 387 g/mol. The predicted octanol–water partition coefficient (Wildman–Crippen LogP) is 2.55. The molecule has 0 aromatic carbocycles. The zero-order valence-electron chi connectivity index (χ0n) is 17.2. The zero-order chi connectivity index (χ0) is 19.5. The van der Waals surface area contributed by atoms with Crippen LogP contribution in [0.1, 0.15) is 75.7 Å². The molecule has 0 radical (unpaired) electrons. The first kappa shape index (κ1) is 19.6. The number of likely N-dealkylation sites (tertiary alicyclic amines) is 2. The molecule has 28 heavy (non-hydrogen) atoms. The Morgan fingerprint density at radius 1 is 1.07 bits per heavy atom. The van der Waals surface area contributed by atoms with Crippen molar-refractivity contribution in [1.82, 2.24) is 19.4 Å². The third kappa shape index (κ3) is 4.32. The van der Waals surface area contributed by atoms with Crippen molar-refractivity contribution in [2.24, 2.45) is 0 Å². The summed E-state index contributed by atoms with van der Waals surface area (Å²) < 4.78 is 1.87. The standard InChI is InChI=1S/C22H34N4O2/c1-17-8-4-6-12-25(17)22(28)16-24-11-7-9-18(15-24)19-14-21(27)26-13-5-2-3-10-20(26)23-19/h14,17-18H,2-13,15-16H2,1H3/t17-,18+/m0/s1. The summed E-state index contributed by atoms with van der Waals surface area (Å²) in [4.78, 5) is 34.7. The summed E-state index contributed by atoms with van der Waals surface area (Å²) >= 11 is 0. The van der Waals surface area contributed by atoms with Crippen LogP contribution in [0, 0.1) is 0 Å². The van der Waals surface area contributed by atoms with E-state index in [0.717, 1.165) is 82.6 Å². The van der Waals surface area contributed by atoms with E-state index in [4.69, 9.17) is 4.98 Å². The highest BCUT2D eigenvalue weighted by molar-refractivity contribution is 5.78. The fraction of sp³-hybridized carbons (Fsp3) is 0.773. The van der Waals surface area contributed by atoms with E-state index >= 15 is 0 Å². The van der Waals surface area contributed by atoms with Crippen LogP contribution < -0.4 is 5.56 Å². The van der Waals surface area contributed by atoms with Gasteiger partial charge in [-0.15, -0.1) is 0 Å². The molecule has 1 amide bonds. The van der Waals surface area contributed by atoms with Crippen molar-refractivity contribution >= 4 is 5.91 Å². The first-order valence-electron chi connectivity index (χ1n) is 11.2. The van der Waals surface area contributed by atoms with E-state index in [1.807, 2.05) is 4.57 Å². The molecule has 0 bridgehead atoms. The molecule has 0 unspecified atom stereocenters. The second-order valence-electron chi connectivity index (χ2n) is 8.90. The van der Waals surface area contributed by atoms with Gasteiger partial charge in [-0.3, -0.25) is 19.1 Å². The summed E-state index contributed by atoms with van der Waals surface area (Å²) in [5.41, 5.74) is 1.05. The van der Waals surface area contributed by atoms with Crippen LogP contribution in [-0.4, -0.2) is 57.5 Å². The number of amides is 1. The second kappa shape index (κ2) is 8.76. The van der Waals surface area contributed by atoms with Crippen molar-refractivity contribution in [3.63, 3.8) is 0 Å². The second-order valence-corrected chi connectivity index (χ2v) is 8.90. The van der Waals surface area contributed by atoms with Crippen LogP contribution in [0.2, 0.25) is 0 Å². The van der Waals surface area contributed by atoms with Crippen molar-refractivity contribution in [3.8, 4) is 0 Å². The lowest BCUT2D eigenvalue weighted by molar-refractivity contribution is -0.136. The van der Waals surface area contributed by atoms with Gasteiger partial charge >= 0.3 is 0 Å². The van der Waals surface area contributed by atoms with Crippen LogP contribution >= 0.6 is 0 Å². The molecule has 0 spiro atoms. The van der Waals surface area contributed by atoms with Gasteiger partial charge in [-0.25, -0.2) is 4.98 Å². The number of hydrogen-bond acceptors (Lipinski definition) is 4. The molecule has 4 heterocycles. The maximum absolute atomic E-state index is 12.8. The van der Waals surface area contributed by atoms with E-state index in [2.05, 4.69) is 16.7 Å². The molecule has 0 saturated carbocycles. The number of piperidine rings is 2. The summed E-state index contributed by atoms with van der Waals surface area (Å²) in [6.45, 7) is 6.19. The normalized spacial score (nSPS) is 26.5. The number of aryl methyl sites for hydroxylation is 1. The lowest BCUT2D eigenvalue weighted by atomic mass is 9.94. The van der Waals surface area contributed by atoms with E-state index in [-0.39, 0.29) is 17.4 Å². The Hall–Kier alpha value is -1.69. The van der Waals surface area contributed by atoms with Crippen LogP contribution in [0.4, 0.5) is 0 Å². The Morgan fingerprint density at radius 2 is 1.93 bits per heavy atom. The Balaban J connectivity index is 1.44. The Kier molecular flexibility index (Phi) is 6.14. The quantitative estimate of drug-likeness (QED) is 0.801. The largest absolute Gasteiger partial charge is 0.339 e. The van der Waals surface area contributed by atoms with E-state index in [1.54, 1.807) is 6.07 Å². The zero-order valence-corrected chi connectivity index (χ0v) is 17.2. The average Bonchev–Trinajstić information content (AvgIpc) is 2.94. The molecule has 4 rings (SSSR count). The van der Waals surface area contributed by atoms with Gasteiger partial charge in [-0.05, 0) is 58.4 Å². The Morgan fingerprint density at radius 3 is 2.79 bits per heavy atom. The van der Waals surface area contributed by atoms with Crippen molar-refractivity contribution in [1.29, 1.82) is 0 Å². The highest BCUT2D eigenvalue weighted by Crippen LogP contribution is 2.26. The minimum atomic E-state index is 0.109. The van der Waals surface area contributed by atoms with Crippen LogP contribution in [0.25, 0.3) is 0 Å². The number of carbonyl (C=O) groups is 1. The van der Waals surface area contributed by atoms with Gasteiger partial charge in [0.05, 0.1) is 12.2 Å². The maximum Gasteiger partial charge on any atom is 0.253 e. The van der Waals surface area contributed by atoms with Gasteiger partial charge in [-0.2, -0.15) is 0 Å². The van der Waals surface area contributed by atoms with Crippen LogP contribution in [0.15, 0.2) is 10.9 Å². The van der Waals surface area contributed by atoms with Gasteiger partial charge in [0.15, 0.2) is 0 Å². The number of fused-ring (bicyclic) bond motifs is 1. The van der Waals surface area contributed by atoms with Crippen molar-refractivity contribution < 1.29 is 4.79 Å². The maximum atomic E-state index is 12.8. The smallest absolute Gasteiger partial charge is 0.253 e. The molecule has 6 nitrogen and oxygen atoms in total. The van der Waals surface area contributed by atoms with Gasteiger partial charge in [0.1, 0.15) is 5.82 Å². The van der Waals surface area contributed by atoms with Gasteiger partial charge < -0.3 is 4.90 Å². The van der Waals surface area contributed by atoms with Crippen molar-refractivity contribution in [2.75, 3.05) is 26.2 Å². The third-order valence-corrected chi connectivity index (χ3v) is 6.80. The molecule has 154 valence electrons. The molecule has 3 aliphatic rings. The van der Waals surface area contributed by atoms with Gasteiger partial charge in [0.25, 0.3) is 5.56 Å². The number of carbonyl (C=O) groups excluding carboxylic acids is 1. The lowest BCUT2D eigenvalue weighted by Gasteiger charge is -2.37. The molecule has 1 aromatic rings. The number of nitrogens with zero attached hydrogens (tertiary/aromatic N) is 4. The fourth-order valence-electron chi connectivity index (χ4n) is 5.13. The lowest BCUT2D eigenvalue weighted by Crippen LogP contribution is -2.48. The molecule has 1 aromatic heterocycles. The first-order valence-corrected chi connectivity index (χ1v) is 11.2. The minimum Gasteiger partial charge on any atom is -0.339 e.